The van der Waals surface area contributed by atoms with E-state index in [0.29, 0.717) is 24.0 Å². The number of sulfone groups is 1. The molecule has 0 heterocycles. The number of hydrogen-bond acceptors (Lipinski definition) is 4. The highest BCUT2D eigenvalue weighted by atomic mass is 32.2. The minimum Gasteiger partial charge on any atom is -0.494 e. The molecule has 2 N–H and O–H groups in total. The molecule has 0 spiro atoms. The van der Waals surface area contributed by atoms with E-state index in [1.807, 2.05) is 49.4 Å². The Morgan fingerprint density at radius 1 is 1.07 bits per heavy atom. The van der Waals surface area contributed by atoms with Crippen LogP contribution in [0, 0.1) is 6.92 Å². The maximum absolute atomic E-state index is 11.7. The first-order chi connectivity index (χ1) is 13.4. The predicted molar refractivity (Wildman–Crippen MR) is 114 cm³/mol. The molecule has 2 aromatic carbocycles. The van der Waals surface area contributed by atoms with E-state index in [9.17, 15) is 8.42 Å². The molecule has 0 saturated carbocycles. The second kappa shape index (κ2) is 10.7. The van der Waals surface area contributed by atoms with Gasteiger partial charge in [0, 0.05) is 26.4 Å². The number of benzene rings is 2. The molecular formula is C21H29N3O3S. The first-order valence-electron chi connectivity index (χ1n) is 9.32. The molecule has 6 nitrogen and oxygen atoms in total. The van der Waals surface area contributed by atoms with E-state index in [2.05, 4.69) is 15.6 Å². The molecule has 152 valence electrons. The van der Waals surface area contributed by atoms with Crippen molar-refractivity contribution in [3.63, 3.8) is 0 Å². The summed E-state index contributed by atoms with van der Waals surface area (Å²) >= 11 is 0. The van der Waals surface area contributed by atoms with Crippen LogP contribution in [0.4, 0.5) is 0 Å². The maximum atomic E-state index is 11.7. The molecule has 2 rings (SSSR count). The van der Waals surface area contributed by atoms with Gasteiger partial charge in [-0.2, -0.15) is 0 Å². The van der Waals surface area contributed by atoms with Crippen LogP contribution in [0.3, 0.4) is 0 Å². The van der Waals surface area contributed by atoms with Gasteiger partial charge in [-0.25, -0.2) is 8.42 Å². The lowest BCUT2D eigenvalue weighted by molar-refractivity contribution is 0.307. The van der Waals surface area contributed by atoms with Gasteiger partial charge in [-0.15, -0.1) is 0 Å². The van der Waals surface area contributed by atoms with Crippen molar-refractivity contribution >= 4 is 15.8 Å². The number of nitrogens with zero attached hydrogens (tertiary/aromatic N) is 1. The summed E-state index contributed by atoms with van der Waals surface area (Å²) in [5.41, 5.74) is 1.76. The fourth-order valence-electron chi connectivity index (χ4n) is 2.78. The highest BCUT2D eigenvalue weighted by Gasteiger charge is 2.10. The molecule has 2 aromatic rings. The molecule has 0 radical (unpaired) electrons. The number of guanidine groups is 1. The molecule has 28 heavy (non-hydrogen) atoms. The molecule has 0 fully saturated rings. The monoisotopic (exact) mass is 403 g/mol. The van der Waals surface area contributed by atoms with Crippen LogP contribution in [0.25, 0.3) is 0 Å². The van der Waals surface area contributed by atoms with E-state index in [1.54, 1.807) is 13.1 Å². The molecular weight excluding hydrogens is 374 g/mol. The first-order valence-corrected chi connectivity index (χ1v) is 11.2. The molecule has 0 amide bonds. The van der Waals surface area contributed by atoms with Crippen molar-refractivity contribution in [1.82, 2.24) is 10.6 Å². The van der Waals surface area contributed by atoms with Gasteiger partial charge in [0.05, 0.1) is 11.5 Å². The van der Waals surface area contributed by atoms with Crippen molar-refractivity contribution in [2.24, 2.45) is 4.99 Å². The SMILES string of the molecule is CN=C(NCCCCOc1ccccc1)NCc1ccc(S(C)(=O)=O)c(C)c1. The Hall–Kier alpha value is -2.54. The van der Waals surface area contributed by atoms with Crippen molar-refractivity contribution in [2.75, 3.05) is 26.5 Å². The molecule has 0 aliphatic rings. The van der Waals surface area contributed by atoms with Gasteiger partial charge in [0.25, 0.3) is 0 Å². The summed E-state index contributed by atoms with van der Waals surface area (Å²) < 4.78 is 29.1. The number of nitrogens with one attached hydrogen (secondary N) is 2. The van der Waals surface area contributed by atoms with E-state index in [1.165, 1.54) is 6.26 Å². The van der Waals surface area contributed by atoms with Crippen LogP contribution in [-0.2, 0) is 16.4 Å². The zero-order chi connectivity index (χ0) is 20.4. The minimum absolute atomic E-state index is 0.372. The summed E-state index contributed by atoms with van der Waals surface area (Å²) in [5, 5.41) is 6.52. The minimum atomic E-state index is -3.19. The van der Waals surface area contributed by atoms with Crippen LogP contribution in [0.15, 0.2) is 58.4 Å². The maximum Gasteiger partial charge on any atom is 0.191 e. The lowest BCUT2D eigenvalue weighted by Gasteiger charge is -2.13. The van der Waals surface area contributed by atoms with E-state index in [-0.39, 0.29) is 0 Å². The zero-order valence-corrected chi connectivity index (χ0v) is 17.6. The molecule has 7 heteroatoms. The average molecular weight is 404 g/mol. The summed E-state index contributed by atoms with van der Waals surface area (Å²) in [6, 6.07) is 15.2. The van der Waals surface area contributed by atoms with Crippen molar-refractivity contribution in [3.8, 4) is 5.75 Å². The van der Waals surface area contributed by atoms with Crippen LogP contribution in [0.5, 0.6) is 5.75 Å². The quantitative estimate of drug-likeness (QED) is 0.382. The number of aryl methyl sites for hydroxylation is 1. The second-order valence-corrected chi connectivity index (χ2v) is 8.58. The summed E-state index contributed by atoms with van der Waals surface area (Å²) in [6.45, 7) is 3.86. The van der Waals surface area contributed by atoms with Crippen molar-refractivity contribution in [1.29, 1.82) is 0 Å². The Morgan fingerprint density at radius 3 is 2.46 bits per heavy atom. The fourth-order valence-corrected chi connectivity index (χ4v) is 3.74. The van der Waals surface area contributed by atoms with Crippen LogP contribution in [0.1, 0.15) is 24.0 Å². The number of ether oxygens (including phenoxy) is 1. The van der Waals surface area contributed by atoms with Gasteiger partial charge in [-0.3, -0.25) is 4.99 Å². The summed E-state index contributed by atoms with van der Waals surface area (Å²) in [5.74, 6) is 1.61. The van der Waals surface area contributed by atoms with Gasteiger partial charge >= 0.3 is 0 Å². The van der Waals surface area contributed by atoms with Gasteiger partial charge in [-0.05, 0) is 49.1 Å². The molecule has 0 saturated heterocycles. The van der Waals surface area contributed by atoms with Gasteiger partial charge in [-0.1, -0.05) is 30.3 Å². The van der Waals surface area contributed by atoms with E-state index in [0.717, 1.165) is 36.3 Å². The van der Waals surface area contributed by atoms with Gasteiger partial charge in [0.15, 0.2) is 15.8 Å². The van der Waals surface area contributed by atoms with E-state index < -0.39 is 9.84 Å². The summed E-state index contributed by atoms with van der Waals surface area (Å²) in [4.78, 5) is 4.59. The molecule has 0 atom stereocenters. The van der Waals surface area contributed by atoms with Gasteiger partial charge in [0.1, 0.15) is 5.75 Å². The molecule has 0 unspecified atom stereocenters. The highest BCUT2D eigenvalue weighted by molar-refractivity contribution is 7.90. The number of aliphatic imine (C=N–C) groups is 1. The summed E-state index contributed by atoms with van der Waals surface area (Å²) in [7, 11) is -1.46. The van der Waals surface area contributed by atoms with Crippen molar-refractivity contribution in [2.45, 2.75) is 31.2 Å². The molecule has 0 bridgehead atoms. The zero-order valence-electron chi connectivity index (χ0n) is 16.7. The third-order valence-corrected chi connectivity index (χ3v) is 5.45. The Kier molecular flexibility index (Phi) is 8.32. The van der Waals surface area contributed by atoms with Crippen molar-refractivity contribution < 1.29 is 13.2 Å². The summed E-state index contributed by atoms with van der Waals surface area (Å²) in [6.07, 6.45) is 3.14. The largest absolute Gasteiger partial charge is 0.494 e. The Balaban J connectivity index is 1.69. The standard InChI is InChI=1S/C21H29N3O3S/c1-17-15-18(11-12-20(17)28(3,25)26)16-24-21(22-2)23-13-7-8-14-27-19-9-5-4-6-10-19/h4-6,9-12,15H,7-8,13-14,16H2,1-3H3,(H2,22,23,24). The van der Waals surface area contributed by atoms with Crippen LogP contribution in [-0.4, -0.2) is 40.8 Å². The predicted octanol–water partition coefficient (Wildman–Crippen LogP) is 2.92. The molecule has 0 aromatic heterocycles. The first kappa shape index (κ1) is 21.8. The average Bonchev–Trinajstić information content (AvgIpc) is 2.66. The van der Waals surface area contributed by atoms with Crippen molar-refractivity contribution in [3.05, 3.63) is 59.7 Å². The third kappa shape index (κ3) is 7.23. The Bertz CT molecular complexity index is 881. The fraction of sp³-hybridized carbons (Fsp3) is 0.381. The number of rotatable bonds is 9. The van der Waals surface area contributed by atoms with Gasteiger partial charge in [0.2, 0.25) is 0 Å². The number of para-hydroxylation sites is 1. The number of hydrogen-bond donors (Lipinski definition) is 2. The highest BCUT2D eigenvalue weighted by Crippen LogP contribution is 2.16. The Morgan fingerprint density at radius 2 is 1.82 bits per heavy atom. The lowest BCUT2D eigenvalue weighted by Crippen LogP contribution is -2.37. The van der Waals surface area contributed by atoms with Crippen LogP contribution in [0.2, 0.25) is 0 Å². The van der Waals surface area contributed by atoms with Gasteiger partial charge < -0.3 is 15.4 Å². The second-order valence-electron chi connectivity index (χ2n) is 6.59. The van der Waals surface area contributed by atoms with Crippen LogP contribution >= 0.6 is 0 Å². The normalized spacial score (nSPS) is 11.9. The molecule has 0 aliphatic heterocycles. The molecule has 0 aliphatic carbocycles. The topological polar surface area (TPSA) is 79.8 Å². The van der Waals surface area contributed by atoms with E-state index in [4.69, 9.17) is 4.74 Å². The smallest absolute Gasteiger partial charge is 0.191 e. The number of unbranched alkanes of at least 4 members (excludes halogenated alkanes) is 1. The van der Waals surface area contributed by atoms with Crippen LogP contribution < -0.4 is 15.4 Å². The Labute approximate surface area is 168 Å². The lowest BCUT2D eigenvalue weighted by atomic mass is 10.1. The van der Waals surface area contributed by atoms with E-state index >= 15 is 0 Å². The third-order valence-electron chi connectivity index (χ3n) is 4.20.